The lowest BCUT2D eigenvalue weighted by Gasteiger charge is -2.17. The molecule has 1 aromatic carbocycles. The molecule has 1 aliphatic rings. The number of nitrogens with one attached hydrogen (secondary N) is 1. The van der Waals surface area contributed by atoms with Crippen LogP contribution in [0.2, 0.25) is 0 Å². The lowest BCUT2D eigenvalue weighted by Crippen LogP contribution is -2.27. The van der Waals surface area contributed by atoms with Crippen molar-refractivity contribution < 1.29 is 5.11 Å². The summed E-state index contributed by atoms with van der Waals surface area (Å²) < 4.78 is 1.22. The van der Waals surface area contributed by atoms with Crippen molar-refractivity contribution >= 4 is 28.3 Å². The van der Waals surface area contributed by atoms with Crippen molar-refractivity contribution in [2.75, 3.05) is 5.32 Å². The molecule has 0 bridgehead atoms. The van der Waals surface area contributed by atoms with E-state index in [0.29, 0.717) is 0 Å². The zero-order valence-corrected chi connectivity index (χ0v) is 10.1. The van der Waals surface area contributed by atoms with E-state index in [1.165, 1.54) is 3.57 Å². The molecule has 1 aliphatic carbocycles. The molecule has 1 aromatic rings. The van der Waals surface area contributed by atoms with Crippen molar-refractivity contribution in [3.05, 3.63) is 27.8 Å². The summed E-state index contributed by atoms with van der Waals surface area (Å²) in [6.45, 7) is 0. The number of anilines is 1. The van der Waals surface area contributed by atoms with Crippen LogP contribution >= 0.6 is 22.6 Å². The van der Waals surface area contributed by atoms with Crippen LogP contribution in [-0.4, -0.2) is 17.3 Å². The molecule has 3 heteroatoms. The Morgan fingerprint density at radius 1 is 1.36 bits per heavy atom. The van der Waals surface area contributed by atoms with Gasteiger partial charge in [-0.25, -0.2) is 0 Å². The molecule has 0 heterocycles. The third-order valence-electron chi connectivity index (χ3n) is 2.66. The van der Waals surface area contributed by atoms with Gasteiger partial charge in [0.25, 0.3) is 0 Å². The van der Waals surface area contributed by atoms with Crippen LogP contribution in [0, 0.1) is 3.57 Å². The van der Waals surface area contributed by atoms with Crippen LogP contribution in [0.1, 0.15) is 19.3 Å². The minimum Gasteiger partial charge on any atom is -0.391 e. The zero-order chi connectivity index (χ0) is 9.97. The Labute approximate surface area is 97.9 Å². The smallest absolute Gasteiger partial charge is 0.0741 e. The Morgan fingerprint density at radius 2 is 2.21 bits per heavy atom. The minimum absolute atomic E-state index is 0.173. The molecule has 0 aromatic heterocycles. The minimum atomic E-state index is -0.173. The van der Waals surface area contributed by atoms with E-state index < -0.39 is 0 Å². The van der Waals surface area contributed by atoms with Gasteiger partial charge in [0.2, 0.25) is 0 Å². The van der Waals surface area contributed by atoms with E-state index in [-0.39, 0.29) is 12.1 Å². The van der Waals surface area contributed by atoms with Crippen LogP contribution in [0.4, 0.5) is 5.69 Å². The van der Waals surface area contributed by atoms with E-state index >= 15 is 0 Å². The normalized spacial score (nSPS) is 26.4. The quantitative estimate of drug-likeness (QED) is 0.823. The molecule has 2 atom stereocenters. The highest BCUT2D eigenvalue weighted by atomic mass is 127. The number of benzene rings is 1. The molecule has 0 saturated heterocycles. The molecule has 1 saturated carbocycles. The zero-order valence-electron chi connectivity index (χ0n) is 7.91. The first-order valence-electron chi connectivity index (χ1n) is 4.96. The molecule has 1 fully saturated rings. The standard InChI is InChI=1S/C11H14INO/c12-8-3-1-4-9(7-8)13-10-5-2-6-11(10)14/h1,3-4,7,10-11,13-14H,2,5-6H2/t10-,11-/m1/s1. The Hall–Kier alpha value is -0.290. The van der Waals surface area contributed by atoms with Crippen molar-refractivity contribution in [1.29, 1.82) is 0 Å². The Morgan fingerprint density at radius 3 is 2.86 bits per heavy atom. The fourth-order valence-corrected chi connectivity index (χ4v) is 2.44. The van der Waals surface area contributed by atoms with E-state index in [0.717, 1.165) is 24.9 Å². The fraction of sp³-hybridized carbons (Fsp3) is 0.455. The highest BCUT2D eigenvalue weighted by molar-refractivity contribution is 14.1. The lowest BCUT2D eigenvalue weighted by molar-refractivity contribution is 0.172. The molecular formula is C11H14INO. The lowest BCUT2D eigenvalue weighted by atomic mass is 10.2. The highest BCUT2D eigenvalue weighted by Gasteiger charge is 2.24. The molecule has 2 nitrogen and oxygen atoms in total. The van der Waals surface area contributed by atoms with Crippen LogP contribution < -0.4 is 5.32 Å². The van der Waals surface area contributed by atoms with Gasteiger partial charge in [0.05, 0.1) is 12.1 Å². The first kappa shape index (κ1) is 10.2. The first-order chi connectivity index (χ1) is 6.75. The Balaban J connectivity index is 2.03. The molecule has 0 unspecified atom stereocenters. The average molecular weight is 303 g/mol. The monoisotopic (exact) mass is 303 g/mol. The summed E-state index contributed by atoms with van der Waals surface area (Å²) in [5.74, 6) is 0. The van der Waals surface area contributed by atoms with Gasteiger partial charge in [-0.2, -0.15) is 0 Å². The van der Waals surface area contributed by atoms with Gasteiger partial charge in [-0.1, -0.05) is 6.07 Å². The summed E-state index contributed by atoms with van der Waals surface area (Å²) in [6, 6.07) is 8.49. The average Bonchev–Trinajstić information content (AvgIpc) is 2.52. The number of halogens is 1. The van der Waals surface area contributed by atoms with Crippen molar-refractivity contribution in [2.45, 2.75) is 31.4 Å². The first-order valence-corrected chi connectivity index (χ1v) is 6.04. The number of rotatable bonds is 2. The molecule has 2 rings (SSSR count). The Bertz CT molecular complexity index is 316. The summed E-state index contributed by atoms with van der Waals surface area (Å²) >= 11 is 2.29. The van der Waals surface area contributed by atoms with E-state index in [1.807, 2.05) is 12.1 Å². The summed E-state index contributed by atoms with van der Waals surface area (Å²) in [7, 11) is 0. The number of aliphatic hydroxyl groups excluding tert-OH is 1. The summed E-state index contributed by atoms with van der Waals surface area (Å²) in [5, 5.41) is 13.0. The van der Waals surface area contributed by atoms with Gasteiger partial charge < -0.3 is 10.4 Å². The van der Waals surface area contributed by atoms with E-state index in [2.05, 4.69) is 40.0 Å². The molecular weight excluding hydrogens is 289 g/mol. The molecule has 0 radical (unpaired) electrons. The van der Waals surface area contributed by atoms with Crippen molar-refractivity contribution in [2.24, 2.45) is 0 Å². The van der Waals surface area contributed by atoms with Crippen LogP contribution in [0.15, 0.2) is 24.3 Å². The third-order valence-corrected chi connectivity index (χ3v) is 3.33. The molecule has 0 aliphatic heterocycles. The van der Waals surface area contributed by atoms with Gasteiger partial charge in [-0.05, 0) is 60.1 Å². The molecule has 2 N–H and O–H groups in total. The van der Waals surface area contributed by atoms with Gasteiger partial charge in [-0.15, -0.1) is 0 Å². The van der Waals surface area contributed by atoms with E-state index in [9.17, 15) is 5.11 Å². The van der Waals surface area contributed by atoms with Gasteiger partial charge >= 0.3 is 0 Å². The SMILES string of the molecule is O[C@@H]1CCC[C@H]1Nc1cccc(I)c1. The second kappa shape index (κ2) is 4.49. The van der Waals surface area contributed by atoms with Gasteiger partial charge in [0.1, 0.15) is 0 Å². The molecule has 0 amide bonds. The van der Waals surface area contributed by atoms with Crippen LogP contribution in [0.25, 0.3) is 0 Å². The Kier molecular flexibility index (Phi) is 3.28. The molecule has 76 valence electrons. The predicted molar refractivity (Wildman–Crippen MR) is 66.4 cm³/mol. The van der Waals surface area contributed by atoms with Crippen molar-refractivity contribution in [1.82, 2.24) is 0 Å². The van der Waals surface area contributed by atoms with E-state index in [4.69, 9.17) is 0 Å². The summed E-state index contributed by atoms with van der Waals surface area (Å²) in [6.07, 6.45) is 2.96. The van der Waals surface area contributed by atoms with Crippen molar-refractivity contribution in [3.63, 3.8) is 0 Å². The van der Waals surface area contributed by atoms with Gasteiger partial charge in [0.15, 0.2) is 0 Å². The largest absolute Gasteiger partial charge is 0.391 e. The van der Waals surface area contributed by atoms with E-state index in [1.54, 1.807) is 0 Å². The van der Waals surface area contributed by atoms with Crippen molar-refractivity contribution in [3.8, 4) is 0 Å². The number of aliphatic hydroxyl groups is 1. The van der Waals surface area contributed by atoms with Crippen LogP contribution in [0.5, 0.6) is 0 Å². The second-order valence-corrected chi connectivity index (χ2v) is 5.01. The highest BCUT2D eigenvalue weighted by Crippen LogP contribution is 2.23. The maximum Gasteiger partial charge on any atom is 0.0741 e. The predicted octanol–water partition coefficient (Wildman–Crippen LogP) is 2.62. The topological polar surface area (TPSA) is 32.3 Å². The number of hydrogen-bond donors (Lipinski definition) is 2. The van der Waals surface area contributed by atoms with Crippen LogP contribution in [-0.2, 0) is 0 Å². The summed E-state index contributed by atoms with van der Waals surface area (Å²) in [5.41, 5.74) is 1.11. The maximum atomic E-state index is 9.66. The third kappa shape index (κ3) is 2.39. The molecule has 0 spiro atoms. The molecule has 14 heavy (non-hydrogen) atoms. The van der Waals surface area contributed by atoms with Gasteiger partial charge in [0, 0.05) is 9.26 Å². The fourth-order valence-electron chi connectivity index (χ4n) is 1.90. The summed E-state index contributed by atoms with van der Waals surface area (Å²) in [4.78, 5) is 0. The number of hydrogen-bond acceptors (Lipinski definition) is 2. The van der Waals surface area contributed by atoms with Gasteiger partial charge in [-0.3, -0.25) is 0 Å². The van der Waals surface area contributed by atoms with Crippen LogP contribution in [0.3, 0.4) is 0 Å². The second-order valence-electron chi connectivity index (χ2n) is 3.76. The maximum absolute atomic E-state index is 9.66.